The summed E-state index contributed by atoms with van der Waals surface area (Å²) < 4.78 is 23.4. The van der Waals surface area contributed by atoms with Crippen molar-refractivity contribution in [3.63, 3.8) is 0 Å². The van der Waals surface area contributed by atoms with E-state index in [1.54, 1.807) is 12.1 Å². The Balaban J connectivity index is 1.67. The van der Waals surface area contributed by atoms with E-state index >= 15 is 0 Å². The topological polar surface area (TPSA) is 122 Å². The zero-order chi connectivity index (χ0) is 21.9. The molecule has 30 heavy (non-hydrogen) atoms. The van der Waals surface area contributed by atoms with Gasteiger partial charge in [0.2, 0.25) is 5.91 Å². The van der Waals surface area contributed by atoms with Crippen LogP contribution in [0.5, 0.6) is 0 Å². The van der Waals surface area contributed by atoms with Gasteiger partial charge in [-0.25, -0.2) is 8.42 Å². The molecule has 1 saturated carbocycles. The molecule has 9 nitrogen and oxygen atoms in total. The van der Waals surface area contributed by atoms with Crippen molar-refractivity contribution in [1.29, 1.82) is 0 Å². The SMILES string of the molecule is CC(C)NC(=O)[C@H]1CC[C@@H](Nc2cc(N3CCS(=O)(=O)CC3)ccc2[N+](=O)[O-])CC1. The minimum Gasteiger partial charge on any atom is -0.377 e. The van der Waals surface area contributed by atoms with Crippen molar-refractivity contribution >= 4 is 32.8 Å². The Bertz CT molecular complexity index is 880. The fraction of sp³-hybridized carbons (Fsp3) is 0.650. The second kappa shape index (κ2) is 9.20. The Labute approximate surface area is 177 Å². The largest absolute Gasteiger partial charge is 0.377 e. The molecule has 1 aliphatic heterocycles. The molecule has 10 heteroatoms. The molecule has 166 valence electrons. The van der Waals surface area contributed by atoms with Crippen LogP contribution >= 0.6 is 0 Å². The van der Waals surface area contributed by atoms with Gasteiger partial charge in [0.25, 0.3) is 5.69 Å². The summed E-state index contributed by atoms with van der Waals surface area (Å²) in [5, 5.41) is 17.8. The van der Waals surface area contributed by atoms with Gasteiger partial charge in [0.15, 0.2) is 9.84 Å². The Morgan fingerprint density at radius 2 is 1.80 bits per heavy atom. The summed E-state index contributed by atoms with van der Waals surface area (Å²) in [5.41, 5.74) is 1.23. The summed E-state index contributed by atoms with van der Waals surface area (Å²) in [5.74, 6) is 0.253. The van der Waals surface area contributed by atoms with Gasteiger partial charge in [-0.15, -0.1) is 0 Å². The molecule has 1 amide bonds. The number of benzene rings is 1. The van der Waals surface area contributed by atoms with Crippen molar-refractivity contribution in [2.24, 2.45) is 5.92 Å². The van der Waals surface area contributed by atoms with E-state index in [1.807, 2.05) is 18.7 Å². The number of hydrogen-bond acceptors (Lipinski definition) is 7. The number of carbonyl (C=O) groups excluding carboxylic acids is 1. The summed E-state index contributed by atoms with van der Waals surface area (Å²) in [6, 6.07) is 5.07. The molecule has 1 aromatic rings. The van der Waals surface area contributed by atoms with Gasteiger partial charge in [0, 0.05) is 42.8 Å². The number of nitro groups is 1. The average molecular weight is 439 g/mol. The first-order valence-electron chi connectivity index (χ1n) is 10.5. The highest BCUT2D eigenvalue weighted by Crippen LogP contribution is 2.34. The Hall–Kier alpha value is -2.36. The molecule has 2 fully saturated rings. The number of nitro benzene ring substituents is 1. The van der Waals surface area contributed by atoms with E-state index in [-0.39, 0.29) is 41.1 Å². The summed E-state index contributed by atoms with van der Waals surface area (Å²) in [7, 11) is -3.00. The van der Waals surface area contributed by atoms with Crippen LogP contribution in [0.15, 0.2) is 18.2 Å². The lowest BCUT2D eigenvalue weighted by Gasteiger charge is -2.31. The lowest BCUT2D eigenvalue weighted by atomic mass is 9.85. The Kier molecular flexibility index (Phi) is 6.84. The third kappa shape index (κ3) is 5.62. The second-order valence-electron chi connectivity index (χ2n) is 8.45. The van der Waals surface area contributed by atoms with E-state index < -0.39 is 14.8 Å². The Morgan fingerprint density at radius 3 is 2.37 bits per heavy atom. The molecule has 2 N–H and O–H groups in total. The van der Waals surface area contributed by atoms with Crippen molar-refractivity contribution in [2.45, 2.75) is 51.6 Å². The standard InChI is InChI=1S/C20H30N4O5S/c1-14(2)21-20(25)15-3-5-16(6-4-15)22-18-13-17(7-8-19(18)24(26)27)23-9-11-30(28,29)12-10-23/h7-8,13-16,22H,3-6,9-12H2,1-2H3,(H,21,25)/t15-,16+. The molecule has 1 aromatic carbocycles. The number of nitrogens with one attached hydrogen (secondary N) is 2. The van der Waals surface area contributed by atoms with Crippen LogP contribution in [0.3, 0.4) is 0 Å². The van der Waals surface area contributed by atoms with E-state index in [0.717, 1.165) is 31.4 Å². The van der Waals surface area contributed by atoms with Gasteiger partial charge in [-0.05, 0) is 51.7 Å². The highest BCUT2D eigenvalue weighted by molar-refractivity contribution is 7.91. The molecule has 3 rings (SSSR count). The maximum Gasteiger partial charge on any atom is 0.292 e. The van der Waals surface area contributed by atoms with Crippen molar-refractivity contribution in [1.82, 2.24) is 5.32 Å². The first-order valence-corrected chi connectivity index (χ1v) is 12.3. The summed E-state index contributed by atoms with van der Waals surface area (Å²) in [4.78, 5) is 25.3. The van der Waals surface area contributed by atoms with E-state index in [2.05, 4.69) is 10.6 Å². The highest BCUT2D eigenvalue weighted by Gasteiger charge is 2.28. The number of anilines is 2. The first-order chi connectivity index (χ1) is 14.1. The molecule has 0 aromatic heterocycles. The van der Waals surface area contributed by atoms with Crippen LogP contribution in [-0.4, -0.2) is 55.9 Å². The number of nitrogens with zero attached hydrogens (tertiary/aromatic N) is 2. The second-order valence-corrected chi connectivity index (χ2v) is 10.8. The molecule has 2 aliphatic rings. The van der Waals surface area contributed by atoms with Crippen LogP contribution in [0.25, 0.3) is 0 Å². The lowest BCUT2D eigenvalue weighted by Crippen LogP contribution is -2.40. The van der Waals surface area contributed by atoms with Gasteiger partial charge >= 0.3 is 0 Å². The molecule has 0 spiro atoms. The summed E-state index contributed by atoms with van der Waals surface area (Å²) >= 11 is 0. The molecule has 0 bridgehead atoms. The van der Waals surface area contributed by atoms with Crippen LogP contribution in [0.1, 0.15) is 39.5 Å². The maximum absolute atomic E-state index is 12.2. The number of amides is 1. The zero-order valence-electron chi connectivity index (χ0n) is 17.5. The third-order valence-corrected chi connectivity index (χ3v) is 7.38. The molecule has 1 heterocycles. The molecule has 0 radical (unpaired) electrons. The van der Waals surface area contributed by atoms with Crippen molar-refractivity contribution < 1.29 is 18.1 Å². The highest BCUT2D eigenvalue weighted by atomic mass is 32.2. The van der Waals surface area contributed by atoms with Crippen molar-refractivity contribution in [3.8, 4) is 0 Å². The number of rotatable bonds is 6. The van der Waals surface area contributed by atoms with Crippen LogP contribution in [0.4, 0.5) is 17.1 Å². The van der Waals surface area contributed by atoms with Crippen molar-refractivity contribution in [2.75, 3.05) is 34.8 Å². The van der Waals surface area contributed by atoms with Crippen LogP contribution in [0.2, 0.25) is 0 Å². The summed E-state index contributed by atoms with van der Waals surface area (Å²) in [6.07, 6.45) is 3.01. The minimum absolute atomic E-state index is 0.00283. The lowest BCUT2D eigenvalue weighted by molar-refractivity contribution is -0.384. The van der Waals surface area contributed by atoms with E-state index in [4.69, 9.17) is 0 Å². The Morgan fingerprint density at radius 1 is 1.17 bits per heavy atom. The molecule has 1 saturated heterocycles. The molecule has 0 unspecified atom stereocenters. The predicted octanol–water partition coefficient (Wildman–Crippen LogP) is 2.32. The van der Waals surface area contributed by atoms with Gasteiger partial charge in [-0.3, -0.25) is 14.9 Å². The van der Waals surface area contributed by atoms with Crippen LogP contribution in [-0.2, 0) is 14.6 Å². The van der Waals surface area contributed by atoms with E-state index in [0.29, 0.717) is 18.8 Å². The third-order valence-electron chi connectivity index (χ3n) is 5.77. The first kappa shape index (κ1) is 22.3. The average Bonchev–Trinajstić information content (AvgIpc) is 2.67. The number of sulfone groups is 1. The van der Waals surface area contributed by atoms with E-state index in [9.17, 15) is 23.3 Å². The fourth-order valence-corrected chi connectivity index (χ4v) is 5.29. The fourth-order valence-electron chi connectivity index (χ4n) is 4.09. The monoisotopic (exact) mass is 438 g/mol. The normalized spacial score (nSPS) is 23.8. The predicted molar refractivity (Wildman–Crippen MR) is 117 cm³/mol. The van der Waals surface area contributed by atoms with Gasteiger partial charge < -0.3 is 15.5 Å². The molecular weight excluding hydrogens is 408 g/mol. The van der Waals surface area contributed by atoms with E-state index in [1.165, 1.54) is 6.07 Å². The smallest absolute Gasteiger partial charge is 0.292 e. The van der Waals surface area contributed by atoms with Gasteiger partial charge in [0.1, 0.15) is 5.69 Å². The number of carbonyl (C=O) groups is 1. The maximum atomic E-state index is 12.2. The summed E-state index contributed by atoms with van der Waals surface area (Å²) in [6.45, 7) is 4.65. The molecule has 1 aliphatic carbocycles. The quantitative estimate of drug-likeness (QED) is 0.516. The van der Waals surface area contributed by atoms with Crippen LogP contribution in [0, 0.1) is 16.0 Å². The van der Waals surface area contributed by atoms with Gasteiger partial charge in [0.05, 0.1) is 16.4 Å². The zero-order valence-corrected chi connectivity index (χ0v) is 18.3. The van der Waals surface area contributed by atoms with Crippen molar-refractivity contribution in [3.05, 3.63) is 28.3 Å². The molecule has 0 atom stereocenters. The molecular formula is C20H30N4O5S. The van der Waals surface area contributed by atoms with Crippen LogP contribution < -0.4 is 15.5 Å². The van der Waals surface area contributed by atoms with Gasteiger partial charge in [-0.1, -0.05) is 0 Å². The minimum atomic E-state index is -3.00. The van der Waals surface area contributed by atoms with Gasteiger partial charge in [-0.2, -0.15) is 0 Å². The number of hydrogen-bond donors (Lipinski definition) is 2.